The maximum Gasteiger partial charge on any atom is 0.261 e. The first-order valence-corrected chi connectivity index (χ1v) is 10.3. The van der Waals surface area contributed by atoms with Gasteiger partial charge in [0, 0.05) is 16.5 Å². The first-order valence-electron chi connectivity index (χ1n) is 10.3. The minimum atomic E-state index is 0.00391. The average molecular weight is 453 g/mol. The Kier molecular flexibility index (Phi) is 6.56. The molecule has 0 bridgehead atoms. The zero-order chi connectivity index (χ0) is 24.6. The predicted molar refractivity (Wildman–Crippen MR) is 132 cm³/mol. The molecule has 1 N–H and O–H groups in total. The number of nitrogens with zero attached hydrogens (tertiary/aromatic N) is 4. The molecule has 0 aliphatic rings. The lowest BCUT2D eigenvalue weighted by atomic mass is 10.1. The molecular weight excluding hydrogens is 438 g/mol. The zero-order valence-electron chi connectivity index (χ0n) is 18.2. The van der Waals surface area contributed by atoms with Gasteiger partial charge in [0.25, 0.3) is 11.4 Å². The van der Waals surface area contributed by atoms with Crippen LogP contribution in [0.2, 0.25) is 0 Å². The molecule has 4 rings (SSSR count). The number of allylic oxidation sites excluding steroid dienone is 6. The summed E-state index contributed by atoms with van der Waals surface area (Å²) >= 11 is 0. The summed E-state index contributed by atoms with van der Waals surface area (Å²) in [5, 5.41) is 18.6. The molecule has 4 aromatic rings. The second kappa shape index (κ2) is 10.2. The van der Waals surface area contributed by atoms with Crippen LogP contribution in [0, 0.1) is 35.8 Å². The van der Waals surface area contributed by atoms with Crippen molar-refractivity contribution < 1.29 is 8.83 Å². The number of hydrogen-bond acceptors (Lipinski definition) is 4. The van der Waals surface area contributed by atoms with Crippen molar-refractivity contribution in [3.8, 4) is 34.9 Å². The van der Waals surface area contributed by atoms with Crippen LogP contribution in [0.4, 0.5) is 0 Å². The lowest BCUT2D eigenvalue weighted by molar-refractivity contribution is 0.570. The fourth-order valence-corrected chi connectivity index (χ4v) is 3.27. The van der Waals surface area contributed by atoms with Crippen LogP contribution >= 0.6 is 0 Å². The van der Waals surface area contributed by atoms with E-state index >= 15 is 0 Å². The van der Waals surface area contributed by atoms with Gasteiger partial charge in [-0.2, -0.15) is 0 Å². The predicted octanol–water partition coefficient (Wildman–Crippen LogP) is 7.37. The van der Waals surface area contributed by atoms with Gasteiger partial charge in [0.1, 0.15) is 17.3 Å². The van der Waals surface area contributed by atoms with Crippen LogP contribution in [-0.2, 0) is 0 Å². The first kappa shape index (κ1) is 22.4. The summed E-state index contributed by atoms with van der Waals surface area (Å²) in [5.41, 5.74) is 2.63. The van der Waals surface area contributed by atoms with Crippen LogP contribution in [0.25, 0.3) is 55.5 Å². The van der Waals surface area contributed by atoms with Crippen LogP contribution in [0.3, 0.4) is 0 Å². The van der Waals surface area contributed by atoms with Gasteiger partial charge in [-0.3, -0.25) is 0 Å². The van der Waals surface area contributed by atoms with E-state index in [2.05, 4.69) is 14.7 Å². The smallest absolute Gasteiger partial charge is 0.261 e. The fourth-order valence-electron chi connectivity index (χ4n) is 3.27. The molecule has 35 heavy (non-hydrogen) atoms. The van der Waals surface area contributed by atoms with Crippen LogP contribution in [0.5, 0.6) is 0 Å². The van der Waals surface area contributed by atoms with E-state index in [9.17, 15) is 0 Å². The third-order valence-electron chi connectivity index (χ3n) is 4.93. The van der Waals surface area contributed by atoms with E-state index in [1.807, 2.05) is 54.6 Å². The van der Waals surface area contributed by atoms with E-state index in [-0.39, 0.29) is 11.4 Å². The quantitative estimate of drug-likeness (QED) is 0.187. The number of benzene rings is 1. The van der Waals surface area contributed by atoms with E-state index in [0.29, 0.717) is 23.0 Å². The van der Waals surface area contributed by atoms with Crippen molar-refractivity contribution in [3.05, 3.63) is 119 Å². The SMILES string of the molecule is [C-]#[N+]/C(C#N)=C\C=C\c1ccc(-c2cc3ccc(-c4ccc(/C=C/C=C(\C#N)[N+]#[C-])o4)cc3[nH]2)o1. The van der Waals surface area contributed by atoms with Gasteiger partial charge < -0.3 is 13.8 Å². The fraction of sp³-hybridized carbons (Fsp3) is 0. The number of aromatic amines is 1. The topological polar surface area (TPSA) is 98.4 Å². The van der Waals surface area contributed by atoms with Crippen molar-refractivity contribution in [1.29, 1.82) is 10.5 Å². The maximum atomic E-state index is 8.79. The molecule has 7 heteroatoms. The second-order valence-corrected chi connectivity index (χ2v) is 7.16. The number of H-pyrrole nitrogens is 1. The molecule has 0 amide bonds. The number of nitriles is 2. The molecular formula is C28H15N5O2. The van der Waals surface area contributed by atoms with Gasteiger partial charge in [0.15, 0.2) is 5.76 Å². The molecule has 0 atom stereocenters. The van der Waals surface area contributed by atoms with Crippen molar-refractivity contribution in [1.82, 2.24) is 4.98 Å². The molecule has 0 radical (unpaired) electrons. The Hall–Kier alpha value is -5.76. The highest BCUT2D eigenvalue weighted by atomic mass is 16.3. The minimum Gasteiger partial charge on any atom is -0.457 e. The summed E-state index contributed by atoms with van der Waals surface area (Å²) in [4.78, 5) is 9.56. The molecule has 0 aliphatic carbocycles. The summed E-state index contributed by atoms with van der Waals surface area (Å²) in [6.45, 7) is 13.8. The Balaban J connectivity index is 1.53. The van der Waals surface area contributed by atoms with Gasteiger partial charge in [-0.25, -0.2) is 20.2 Å². The van der Waals surface area contributed by atoms with E-state index in [4.69, 9.17) is 32.5 Å². The highest BCUT2D eigenvalue weighted by molar-refractivity contribution is 5.88. The zero-order valence-corrected chi connectivity index (χ0v) is 18.2. The lowest BCUT2D eigenvalue weighted by Crippen LogP contribution is -1.75. The van der Waals surface area contributed by atoms with Crippen molar-refractivity contribution in [3.63, 3.8) is 0 Å². The molecule has 0 unspecified atom stereocenters. The van der Waals surface area contributed by atoms with Crippen LogP contribution in [-0.4, -0.2) is 4.98 Å². The van der Waals surface area contributed by atoms with Crippen molar-refractivity contribution >= 4 is 23.1 Å². The van der Waals surface area contributed by atoms with Gasteiger partial charge in [0.2, 0.25) is 0 Å². The van der Waals surface area contributed by atoms with Crippen LogP contribution in [0.15, 0.2) is 93.1 Å². The Morgan fingerprint density at radius 2 is 1.40 bits per heavy atom. The first-order chi connectivity index (χ1) is 17.1. The Morgan fingerprint density at radius 1 is 0.800 bits per heavy atom. The van der Waals surface area contributed by atoms with E-state index in [1.165, 1.54) is 12.2 Å². The van der Waals surface area contributed by atoms with Crippen LogP contribution in [0.1, 0.15) is 11.5 Å². The van der Waals surface area contributed by atoms with Crippen LogP contribution < -0.4 is 0 Å². The number of fused-ring (bicyclic) bond motifs is 1. The van der Waals surface area contributed by atoms with Crippen molar-refractivity contribution in [2.75, 3.05) is 0 Å². The maximum absolute atomic E-state index is 8.79. The van der Waals surface area contributed by atoms with Crippen molar-refractivity contribution in [2.45, 2.75) is 0 Å². The van der Waals surface area contributed by atoms with E-state index in [1.54, 1.807) is 30.4 Å². The molecule has 0 fully saturated rings. The normalized spacial score (nSPS) is 12.0. The highest BCUT2D eigenvalue weighted by Gasteiger charge is 2.10. The summed E-state index contributed by atoms with van der Waals surface area (Å²) < 4.78 is 11.7. The van der Waals surface area contributed by atoms with Gasteiger partial charge in [-0.1, -0.05) is 24.3 Å². The molecule has 0 saturated carbocycles. The number of furan rings is 2. The summed E-state index contributed by atoms with van der Waals surface area (Å²) in [6.07, 6.45) is 9.46. The number of nitrogens with one attached hydrogen (secondary N) is 1. The molecule has 3 aromatic heterocycles. The Labute approximate surface area is 201 Å². The standard InChI is InChI=1S/C28H15N5O2/c1-31-21(17-29)5-3-7-23-11-13-27(34-23)20-10-9-19-15-26(33-25(19)16-20)28-14-12-24(35-28)8-4-6-22(18-30)32-2/h3-16,33H/b7-3+,8-4+,21-5+,22-6-. The highest BCUT2D eigenvalue weighted by Crippen LogP contribution is 2.30. The largest absolute Gasteiger partial charge is 0.457 e. The van der Waals surface area contributed by atoms with E-state index < -0.39 is 0 Å². The van der Waals surface area contributed by atoms with Crippen molar-refractivity contribution in [2.24, 2.45) is 0 Å². The number of rotatable bonds is 6. The minimum absolute atomic E-state index is 0.00391. The van der Waals surface area contributed by atoms with Gasteiger partial charge in [0.05, 0.1) is 31.0 Å². The Morgan fingerprint density at radius 3 is 2.00 bits per heavy atom. The molecule has 0 aliphatic heterocycles. The summed E-state index contributed by atoms with van der Waals surface area (Å²) in [7, 11) is 0. The lowest BCUT2D eigenvalue weighted by Gasteiger charge is -1.97. The van der Waals surface area contributed by atoms with E-state index in [0.717, 1.165) is 22.2 Å². The second-order valence-electron chi connectivity index (χ2n) is 7.16. The summed E-state index contributed by atoms with van der Waals surface area (Å²) in [6, 6.07) is 18.9. The molecule has 3 heterocycles. The Bertz CT molecular complexity index is 1570. The van der Waals surface area contributed by atoms with Gasteiger partial charge in [-0.15, -0.1) is 0 Å². The van der Waals surface area contributed by atoms with Gasteiger partial charge in [-0.05, 0) is 60.7 Å². The molecule has 1 aromatic carbocycles. The molecule has 7 nitrogen and oxygen atoms in total. The molecule has 164 valence electrons. The number of hydrogen-bond donors (Lipinski definition) is 1. The monoisotopic (exact) mass is 453 g/mol. The average Bonchev–Trinajstić information content (AvgIpc) is 3.63. The third kappa shape index (κ3) is 5.18. The summed E-state index contributed by atoms with van der Waals surface area (Å²) in [5.74, 6) is 2.55. The third-order valence-corrected chi connectivity index (χ3v) is 4.93. The van der Waals surface area contributed by atoms with Gasteiger partial charge >= 0.3 is 0 Å². The number of aromatic nitrogens is 1. The molecule has 0 spiro atoms. The molecule has 0 saturated heterocycles.